The molecule has 0 radical (unpaired) electrons. The van der Waals surface area contributed by atoms with Gasteiger partial charge in [-0.05, 0) is 31.0 Å². The van der Waals surface area contributed by atoms with Crippen LogP contribution >= 0.6 is 0 Å². The minimum Gasteiger partial charge on any atom is -0.360 e. The molecular weight excluding hydrogens is 245 g/mol. The second-order valence-corrected chi connectivity index (χ2v) is 4.09. The number of hydrogen-bond donors (Lipinski definition) is 1. The highest BCUT2D eigenvalue weighted by molar-refractivity contribution is 5.15. The Balaban J connectivity index is 2.87. The van der Waals surface area contributed by atoms with E-state index in [1.165, 1.54) is 12.4 Å². The summed E-state index contributed by atoms with van der Waals surface area (Å²) < 4.78 is 42.6. The Hall–Kier alpha value is -1.14. The average Bonchev–Trinajstić information content (AvgIpc) is 2.34. The van der Waals surface area contributed by atoms with E-state index in [0.717, 1.165) is 6.92 Å². The molecule has 2 N–H and O–H groups in total. The maximum Gasteiger partial charge on any atom is 0.414 e. The summed E-state index contributed by atoms with van der Waals surface area (Å²) >= 11 is 0. The van der Waals surface area contributed by atoms with Crippen LogP contribution in [0.1, 0.15) is 31.9 Å². The first-order valence-electron chi connectivity index (χ1n) is 5.74. The number of hydrogen-bond acceptors (Lipinski definition) is 3. The van der Waals surface area contributed by atoms with E-state index in [0.29, 0.717) is 12.0 Å². The van der Waals surface area contributed by atoms with Crippen LogP contribution in [0.15, 0.2) is 24.5 Å². The second kappa shape index (κ2) is 6.15. The smallest absolute Gasteiger partial charge is 0.360 e. The third-order valence-corrected chi connectivity index (χ3v) is 2.71. The van der Waals surface area contributed by atoms with Gasteiger partial charge in [-0.3, -0.25) is 4.98 Å². The topological polar surface area (TPSA) is 48.1 Å². The van der Waals surface area contributed by atoms with Crippen molar-refractivity contribution >= 4 is 0 Å². The minimum absolute atomic E-state index is 0.489. The summed E-state index contributed by atoms with van der Waals surface area (Å²) in [5.41, 5.74) is 6.43. The van der Waals surface area contributed by atoms with E-state index in [1.54, 1.807) is 19.1 Å². The highest BCUT2D eigenvalue weighted by Crippen LogP contribution is 2.30. The van der Waals surface area contributed by atoms with Crippen molar-refractivity contribution < 1.29 is 17.9 Å². The Morgan fingerprint density at radius 2 is 1.89 bits per heavy atom. The van der Waals surface area contributed by atoms with Gasteiger partial charge in [-0.25, -0.2) is 0 Å². The molecule has 3 nitrogen and oxygen atoms in total. The zero-order chi connectivity index (χ0) is 13.8. The van der Waals surface area contributed by atoms with Gasteiger partial charge >= 0.3 is 6.18 Å². The van der Waals surface area contributed by atoms with Crippen molar-refractivity contribution in [3.05, 3.63) is 30.1 Å². The van der Waals surface area contributed by atoms with E-state index in [1.807, 2.05) is 0 Å². The molecule has 0 aliphatic heterocycles. The van der Waals surface area contributed by atoms with E-state index >= 15 is 0 Å². The van der Waals surface area contributed by atoms with Crippen LogP contribution in [0.4, 0.5) is 13.2 Å². The summed E-state index contributed by atoms with van der Waals surface area (Å²) in [4.78, 5) is 3.82. The summed E-state index contributed by atoms with van der Waals surface area (Å²) in [6.45, 7) is 2.79. The molecular formula is C12H17F3N2O. The summed E-state index contributed by atoms with van der Waals surface area (Å²) in [5.74, 6) is 0. The number of pyridine rings is 1. The summed E-state index contributed by atoms with van der Waals surface area (Å²) in [6.07, 6.45) is -3.49. The summed E-state index contributed by atoms with van der Waals surface area (Å²) in [7, 11) is 0. The van der Waals surface area contributed by atoms with E-state index in [9.17, 15) is 13.2 Å². The molecule has 0 saturated heterocycles. The normalized spacial score (nSPS) is 17.2. The van der Waals surface area contributed by atoms with Crippen LogP contribution in [-0.2, 0) is 4.74 Å². The van der Waals surface area contributed by atoms with Crippen molar-refractivity contribution in [2.75, 3.05) is 0 Å². The van der Waals surface area contributed by atoms with Gasteiger partial charge in [0.15, 0.2) is 6.10 Å². The monoisotopic (exact) mass is 262 g/mol. The molecule has 0 fully saturated rings. The number of aromatic nitrogens is 1. The molecule has 0 saturated carbocycles. The Bertz CT molecular complexity index is 356. The Morgan fingerprint density at radius 1 is 1.33 bits per heavy atom. The van der Waals surface area contributed by atoms with E-state index < -0.39 is 24.4 Å². The first kappa shape index (κ1) is 14.9. The summed E-state index contributed by atoms with van der Waals surface area (Å²) in [6, 6.07) is 2.74. The van der Waals surface area contributed by atoms with Crippen LogP contribution in [0.5, 0.6) is 0 Å². The van der Waals surface area contributed by atoms with Crippen LogP contribution in [0, 0.1) is 0 Å². The highest BCUT2D eigenvalue weighted by Gasteiger charge is 2.39. The largest absolute Gasteiger partial charge is 0.414 e. The van der Waals surface area contributed by atoms with Gasteiger partial charge < -0.3 is 10.5 Å². The van der Waals surface area contributed by atoms with Gasteiger partial charge in [-0.1, -0.05) is 6.92 Å². The lowest BCUT2D eigenvalue weighted by atomic mass is 10.0. The van der Waals surface area contributed by atoms with Crippen LogP contribution in [-0.4, -0.2) is 23.3 Å². The van der Waals surface area contributed by atoms with E-state index in [2.05, 4.69) is 4.98 Å². The van der Waals surface area contributed by atoms with Gasteiger partial charge in [0, 0.05) is 18.4 Å². The molecule has 1 aromatic rings. The van der Waals surface area contributed by atoms with Crippen molar-refractivity contribution in [3.8, 4) is 0 Å². The van der Waals surface area contributed by atoms with Gasteiger partial charge in [-0.2, -0.15) is 13.2 Å². The first-order chi connectivity index (χ1) is 8.36. The lowest BCUT2D eigenvalue weighted by Gasteiger charge is -2.28. The zero-order valence-electron chi connectivity index (χ0n) is 10.3. The van der Waals surface area contributed by atoms with Crippen molar-refractivity contribution in [1.29, 1.82) is 0 Å². The molecule has 18 heavy (non-hydrogen) atoms. The van der Waals surface area contributed by atoms with Gasteiger partial charge in [0.25, 0.3) is 0 Å². The predicted molar refractivity (Wildman–Crippen MR) is 61.8 cm³/mol. The lowest BCUT2D eigenvalue weighted by molar-refractivity contribution is -0.229. The Labute approximate surface area is 104 Å². The fourth-order valence-electron chi connectivity index (χ4n) is 1.49. The molecule has 1 heterocycles. The second-order valence-electron chi connectivity index (χ2n) is 4.09. The third kappa shape index (κ3) is 3.96. The van der Waals surface area contributed by atoms with Crippen molar-refractivity contribution in [1.82, 2.24) is 4.98 Å². The first-order valence-corrected chi connectivity index (χ1v) is 5.74. The number of alkyl halides is 3. The molecule has 0 aliphatic carbocycles. The zero-order valence-corrected chi connectivity index (χ0v) is 10.3. The standard InChI is InChI=1S/C12H17F3N2O/c1-3-10(16)11(9-4-6-17-7-5-9)18-8(2)12(13,14)15/h4-8,10-11H,3,16H2,1-2H3. The molecule has 102 valence electrons. The third-order valence-electron chi connectivity index (χ3n) is 2.71. The van der Waals surface area contributed by atoms with Crippen LogP contribution in [0.25, 0.3) is 0 Å². The molecule has 0 amide bonds. The molecule has 3 unspecified atom stereocenters. The number of halogens is 3. The maximum atomic E-state index is 12.5. The van der Waals surface area contributed by atoms with E-state index in [4.69, 9.17) is 10.5 Å². The van der Waals surface area contributed by atoms with Gasteiger partial charge in [0.2, 0.25) is 0 Å². The number of ether oxygens (including phenoxy) is 1. The molecule has 0 aliphatic rings. The van der Waals surface area contributed by atoms with Gasteiger partial charge in [0.05, 0.1) is 6.10 Å². The predicted octanol–water partition coefficient (Wildman–Crippen LogP) is 2.83. The molecule has 1 rings (SSSR count). The average molecular weight is 262 g/mol. The fraction of sp³-hybridized carbons (Fsp3) is 0.583. The molecule has 6 heteroatoms. The SMILES string of the molecule is CCC(N)C(OC(C)C(F)(F)F)c1ccncc1. The number of nitrogens with two attached hydrogens (primary N) is 1. The molecule has 0 aromatic carbocycles. The molecule has 3 atom stereocenters. The fourth-order valence-corrected chi connectivity index (χ4v) is 1.49. The van der Waals surface area contributed by atoms with Crippen LogP contribution in [0.3, 0.4) is 0 Å². The highest BCUT2D eigenvalue weighted by atomic mass is 19.4. The molecule has 0 bridgehead atoms. The number of rotatable bonds is 5. The van der Waals surface area contributed by atoms with Crippen LogP contribution < -0.4 is 5.73 Å². The van der Waals surface area contributed by atoms with Crippen LogP contribution in [0.2, 0.25) is 0 Å². The van der Waals surface area contributed by atoms with Crippen molar-refractivity contribution in [2.45, 2.75) is 44.7 Å². The molecule has 0 spiro atoms. The van der Waals surface area contributed by atoms with Crippen molar-refractivity contribution in [3.63, 3.8) is 0 Å². The lowest BCUT2D eigenvalue weighted by Crippen LogP contribution is -2.37. The molecule has 1 aromatic heterocycles. The van der Waals surface area contributed by atoms with Gasteiger partial charge in [0.1, 0.15) is 0 Å². The minimum atomic E-state index is -4.39. The maximum absolute atomic E-state index is 12.5. The quantitative estimate of drug-likeness (QED) is 0.887. The summed E-state index contributed by atoms with van der Waals surface area (Å²) in [5, 5.41) is 0. The van der Waals surface area contributed by atoms with Gasteiger partial charge in [-0.15, -0.1) is 0 Å². The number of nitrogens with zero attached hydrogens (tertiary/aromatic N) is 1. The van der Waals surface area contributed by atoms with E-state index in [-0.39, 0.29) is 0 Å². The Kier molecular flexibility index (Phi) is 5.10. The Morgan fingerprint density at radius 3 is 2.33 bits per heavy atom. The van der Waals surface area contributed by atoms with Crippen molar-refractivity contribution in [2.24, 2.45) is 5.73 Å².